The summed E-state index contributed by atoms with van der Waals surface area (Å²) in [4.78, 5) is 11.9. The number of rotatable bonds is 6. The normalized spacial score (nSPS) is 11.5. The molecule has 2 N–H and O–H groups in total. The molecule has 0 bridgehead atoms. The molecule has 1 aromatic carbocycles. The van der Waals surface area contributed by atoms with Crippen LogP contribution in [0.2, 0.25) is 0 Å². The van der Waals surface area contributed by atoms with Gasteiger partial charge in [0.1, 0.15) is 17.9 Å². The maximum atomic E-state index is 11.9. The van der Waals surface area contributed by atoms with E-state index >= 15 is 0 Å². The van der Waals surface area contributed by atoms with Crippen molar-refractivity contribution in [1.82, 2.24) is 0 Å². The topological polar surface area (TPSA) is 79.9 Å². The Labute approximate surface area is 140 Å². The second kappa shape index (κ2) is 7.73. The molecule has 5 heteroatoms. The lowest BCUT2D eigenvalue weighted by molar-refractivity contribution is 0.317. The Bertz CT molecular complexity index is 839. The van der Waals surface area contributed by atoms with E-state index in [1.807, 2.05) is 13.0 Å². The largest absolute Gasteiger partial charge is 0.508 e. The third-order valence-corrected chi connectivity index (χ3v) is 3.57. The fourth-order valence-corrected chi connectivity index (χ4v) is 2.24. The standard InChI is InChI=1S/C19H22O5/c1-12(2)5-4-6-13(3)9-10-23-18-17(21)15-8-7-14(20)11-16(15)24-19(18)22/h5,7-9,11,20-21H,4,6,10H2,1-3H3/b13-9+. The van der Waals surface area contributed by atoms with E-state index in [2.05, 4.69) is 19.9 Å². The predicted molar refractivity (Wildman–Crippen MR) is 93.7 cm³/mol. The predicted octanol–water partition coefficient (Wildman–Crippen LogP) is 4.28. The first kappa shape index (κ1) is 17.7. The van der Waals surface area contributed by atoms with Crippen LogP contribution in [0.25, 0.3) is 11.0 Å². The number of phenolic OH excluding ortho intramolecular Hbond substituents is 1. The molecule has 0 aliphatic heterocycles. The average Bonchev–Trinajstić information content (AvgIpc) is 2.49. The van der Waals surface area contributed by atoms with Gasteiger partial charge in [0.25, 0.3) is 0 Å². The summed E-state index contributed by atoms with van der Waals surface area (Å²) in [6.45, 7) is 6.28. The molecule has 0 spiro atoms. The summed E-state index contributed by atoms with van der Waals surface area (Å²) < 4.78 is 10.5. The van der Waals surface area contributed by atoms with E-state index in [1.54, 1.807) is 0 Å². The summed E-state index contributed by atoms with van der Waals surface area (Å²) in [6, 6.07) is 4.14. The molecule has 0 atom stereocenters. The van der Waals surface area contributed by atoms with Crippen LogP contribution in [-0.4, -0.2) is 16.8 Å². The molecule has 2 rings (SSSR count). The van der Waals surface area contributed by atoms with E-state index in [-0.39, 0.29) is 29.4 Å². The van der Waals surface area contributed by atoms with Crippen molar-refractivity contribution >= 4 is 11.0 Å². The highest BCUT2D eigenvalue weighted by Crippen LogP contribution is 2.32. The zero-order valence-corrected chi connectivity index (χ0v) is 14.1. The Kier molecular flexibility index (Phi) is 5.68. The molecule has 2 aromatic rings. The molecular weight excluding hydrogens is 308 g/mol. The number of fused-ring (bicyclic) bond motifs is 1. The molecule has 5 nitrogen and oxygen atoms in total. The third-order valence-electron chi connectivity index (χ3n) is 3.57. The van der Waals surface area contributed by atoms with Gasteiger partial charge in [-0.1, -0.05) is 17.2 Å². The molecule has 1 aromatic heterocycles. The van der Waals surface area contributed by atoms with Gasteiger partial charge in [-0.15, -0.1) is 0 Å². The summed E-state index contributed by atoms with van der Waals surface area (Å²) in [5, 5.41) is 19.9. The number of benzene rings is 1. The first-order chi connectivity index (χ1) is 11.4. The number of hydrogen-bond acceptors (Lipinski definition) is 5. The lowest BCUT2D eigenvalue weighted by atomic mass is 10.1. The van der Waals surface area contributed by atoms with Crippen molar-refractivity contribution in [3.8, 4) is 17.2 Å². The zero-order valence-electron chi connectivity index (χ0n) is 14.1. The summed E-state index contributed by atoms with van der Waals surface area (Å²) in [7, 11) is 0. The molecular formula is C19H22O5. The fourth-order valence-electron chi connectivity index (χ4n) is 2.24. The van der Waals surface area contributed by atoms with Crippen LogP contribution < -0.4 is 10.4 Å². The molecule has 0 aliphatic rings. The number of hydrogen-bond donors (Lipinski definition) is 2. The van der Waals surface area contributed by atoms with Gasteiger partial charge in [-0.25, -0.2) is 4.79 Å². The molecule has 0 unspecified atom stereocenters. The van der Waals surface area contributed by atoms with Crippen LogP contribution in [0.15, 0.2) is 50.7 Å². The average molecular weight is 330 g/mol. The number of allylic oxidation sites excluding steroid dienone is 3. The van der Waals surface area contributed by atoms with E-state index in [0.29, 0.717) is 5.39 Å². The molecule has 128 valence electrons. The van der Waals surface area contributed by atoms with E-state index in [4.69, 9.17) is 9.15 Å². The van der Waals surface area contributed by atoms with Crippen molar-refractivity contribution in [3.63, 3.8) is 0 Å². The lowest BCUT2D eigenvalue weighted by Gasteiger charge is -2.07. The molecule has 24 heavy (non-hydrogen) atoms. The summed E-state index contributed by atoms with van der Waals surface area (Å²) in [6.07, 6.45) is 5.90. The Balaban J connectivity index is 2.11. The van der Waals surface area contributed by atoms with Gasteiger partial charge < -0.3 is 19.4 Å². The van der Waals surface area contributed by atoms with Crippen LogP contribution in [0.1, 0.15) is 33.6 Å². The van der Waals surface area contributed by atoms with Crippen molar-refractivity contribution < 1.29 is 19.4 Å². The second-order valence-electron chi connectivity index (χ2n) is 5.93. The Hall–Kier alpha value is -2.69. The minimum absolute atomic E-state index is 0.0476. The van der Waals surface area contributed by atoms with Crippen molar-refractivity contribution in [1.29, 1.82) is 0 Å². The summed E-state index contributed by atoms with van der Waals surface area (Å²) >= 11 is 0. The highest BCUT2D eigenvalue weighted by Gasteiger charge is 2.15. The van der Waals surface area contributed by atoms with Gasteiger partial charge in [-0.3, -0.25) is 0 Å². The molecule has 0 fully saturated rings. The first-order valence-electron chi connectivity index (χ1n) is 7.79. The van der Waals surface area contributed by atoms with Gasteiger partial charge in [-0.05, 0) is 51.8 Å². The summed E-state index contributed by atoms with van der Waals surface area (Å²) in [5.74, 6) is -0.549. The number of ether oxygens (including phenoxy) is 1. The number of aromatic hydroxyl groups is 2. The second-order valence-corrected chi connectivity index (χ2v) is 5.93. The van der Waals surface area contributed by atoms with Gasteiger partial charge in [0.2, 0.25) is 5.75 Å². The Morgan fingerprint density at radius 2 is 1.96 bits per heavy atom. The minimum Gasteiger partial charge on any atom is -0.508 e. The number of phenols is 1. The molecule has 1 heterocycles. The minimum atomic E-state index is -0.777. The van der Waals surface area contributed by atoms with Crippen LogP contribution in [0.5, 0.6) is 17.2 Å². The Morgan fingerprint density at radius 1 is 1.21 bits per heavy atom. The monoisotopic (exact) mass is 330 g/mol. The Morgan fingerprint density at radius 3 is 2.67 bits per heavy atom. The zero-order chi connectivity index (χ0) is 17.7. The van der Waals surface area contributed by atoms with Gasteiger partial charge in [0, 0.05) is 6.07 Å². The van der Waals surface area contributed by atoms with E-state index in [0.717, 1.165) is 18.4 Å². The van der Waals surface area contributed by atoms with Crippen molar-refractivity contribution in [3.05, 3.63) is 51.9 Å². The van der Waals surface area contributed by atoms with Crippen LogP contribution >= 0.6 is 0 Å². The van der Waals surface area contributed by atoms with Crippen molar-refractivity contribution in [2.24, 2.45) is 0 Å². The van der Waals surface area contributed by atoms with Gasteiger partial charge >= 0.3 is 5.63 Å². The quantitative estimate of drug-likeness (QED) is 0.610. The van der Waals surface area contributed by atoms with Crippen LogP contribution in [0.4, 0.5) is 0 Å². The molecule has 0 saturated heterocycles. The van der Waals surface area contributed by atoms with Crippen molar-refractivity contribution in [2.75, 3.05) is 6.61 Å². The van der Waals surface area contributed by atoms with E-state index in [9.17, 15) is 15.0 Å². The molecule has 0 amide bonds. The van der Waals surface area contributed by atoms with Gasteiger partial charge in [0.05, 0.1) is 5.39 Å². The highest BCUT2D eigenvalue weighted by molar-refractivity contribution is 5.86. The molecule has 0 radical (unpaired) electrons. The van der Waals surface area contributed by atoms with E-state index < -0.39 is 5.63 Å². The SMILES string of the molecule is CC(C)=CCC/C(C)=C/COc1c(O)c2ccc(O)cc2oc1=O. The van der Waals surface area contributed by atoms with Crippen LogP contribution in [0, 0.1) is 0 Å². The first-order valence-corrected chi connectivity index (χ1v) is 7.79. The van der Waals surface area contributed by atoms with Crippen molar-refractivity contribution in [2.45, 2.75) is 33.6 Å². The molecule has 0 aliphatic carbocycles. The van der Waals surface area contributed by atoms with Gasteiger partial charge in [-0.2, -0.15) is 0 Å². The van der Waals surface area contributed by atoms with Gasteiger partial charge in [0.15, 0.2) is 5.75 Å². The highest BCUT2D eigenvalue weighted by atomic mass is 16.5. The maximum Gasteiger partial charge on any atom is 0.383 e. The fraction of sp³-hybridized carbons (Fsp3) is 0.316. The summed E-state index contributed by atoms with van der Waals surface area (Å²) in [5.41, 5.74) is 1.75. The third kappa shape index (κ3) is 4.41. The smallest absolute Gasteiger partial charge is 0.383 e. The molecule has 0 saturated carbocycles. The maximum absolute atomic E-state index is 11.9. The van der Waals surface area contributed by atoms with E-state index in [1.165, 1.54) is 23.8 Å². The van der Waals surface area contributed by atoms with Crippen LogP contribution in [0.3, 0.4) is 0 Å². The lowest BCUT2D eigenvalue weighted by Crippen LogP contribution is -2.07. The van der Waals surface area contributed by atoms with Crippen LogP contribution in [-0.2, 0) is 0 Å².